The number of hydrogen-bond donors (Lipinski definition) is 1. The molecule has 1 aromatic heterocycles. The van der Waals surface area contributed by atoms with Gasteiger partial charge in [-0.15, -0.1) is 0 Å². The summed E-state index contributed by atoms with van der Waals surface area (Å²) in [5.41, 5.74) is 6.90. The number of aromatic nitrogens is 2. The van der Waals surface area contributed by atoms with Crippen LogP contribution in [0.4, 0.5) is 11.5 Å². The van der Waals surface area contributed by atoms with Gasteiger partial charge in [0.1, 0.15) is 12.1 Å². The first kappa shape index (κ1) is 12.7. The number of anilines is 1. The molecule has 1 aromatic carbocycles. The summed E-state index contributed by atoms with van der Waals surface area (Å²) in [4.78, 5) is 18.2. The molecule has 0 saturated heterocycles. The monoisotopic (exact) mass is 260 g/mol. The number of nitro groups is 1. The fraction of sp³-hybridized carbons (Fsp3) is 0.167. The summed E-state index contributed by atoms with van der Waals surface area (Å²) < 4.78 is 5.49. The molecule has 2 rings (SSSR count). The molecular weight excluding hydrogens is 248 g/mol. The summed E-state index contributed by atoms with van der Waals surface area (Å²) in [6, 6.07) is 4.62. The van der Waals surface area contributed by atoms with Gasteiger partial charge < -0.3 is 10.5 Å². The maximum Gasteiger partial charge on any atom is 0.311 e. The minimum absolute atomic E-state index is 0.123. The van der Waals surface area contributed by atoms with Crippen LogP contribution in [0.5, 0.6) is 11.6 Å². The summed E-state index contributed by atoms with van der Waals surface area (Å²) in [5, 5.41) is 10.9. The van der Waals surface area contributed by atoms with Crippen LogP contribution in [0.2, 0.25) is 0 Å². The van der Waals surface area contributed by atoms with Crippen LogP contribution in [-0.4, -0.2) is 14.9 Å². The molecule has 7 heteroatoms. The van der Waals surface area contributed by atoms with E-state index in [9.17, 15) is 10.1 Å². The lowest BCUT2D eigenvalue weighted by Crippen LogP contribution is -2.00. The average molecular weight is 260 g/mol. The molecule has 0 radical (unpaired) electrons. The minimum Gasteiger partial charge on any atom is -0.431 e. The largest absolute Gasteiger partial charge is 0.431 e. The van der Waals surface area contributed by atoms with E-state index in [0.29, 0.717) is 5.56 Å². The molecule has 0 amide bonds. The third-order valence-corrected chi connectivity index (χ3v) is 2.60. The summed E-state index contributed by atoms with van der Waals surface area (Å²) in [7, 11) is 0. The molecule has 0 unspecified atom stereocenters. The highest BCUT2D eigenvalue weighted by Gasteiger charge is 2.17. The first-order valence-electron chi connectivity index (χ1n) is 5.49. The summed E-state index contributed by atoms with van der Waals surface area (Å²) in [6.45, 7) is 3.50. The van der Waals surface area contributed by atoms with Gasteiger partial charge in [-0.2, -0.15) is 0 Å². The first-order chi connectivity index (χ1) is 8.99. The van der Waals surface area contributed by atoms with Crippen molar-refractivity contribution in [1.82, 2.24) is 9.97 Å². The Bertz CT molecular complexity index is 643. The van der Waals surface area contributed by atoms with E-state index in [1.807, 2.05) is 6.92 Å². The summed E-state index contributed by atoms with van der Waals surface area (Å²) >= 11 is 0. The second-order valence-corrected chi connectivity index (χ2v) is 4.02. The van der Waals surface area contributed by atoms with Gasteiger partial charge in [0, 0.05) is 6.07 Å². The van der Waals surface area contributed by atoms with Gasteiger partial charge in [-0.05, 0) is 25.5 Å². The summed E-state index contributed by atoms with van der Waals surface area (Å²) in [6.07, 6.45) is 1.25. The first-order valence-corrected chi connectivity index (χ1v) is 5.49. The van der Waals surface area contributed by atoms with E-state index in [4.69, 9.17) is 10.5 Å². The number of ether oxygens (including phenoxy) is 1. The third kappa shape index (κ3) is 2.59. The number of nitrogens with two attached hydrogens (primary N) is 1. The standard InChI is InChI=1S/C12H12N4O3/c1-7-3-4-9(16(17)18)10(5-7)19-12-8(2)11(13)14-6-15-12/h3-6H,1-2H3,(H2,13,14,15). The van der Waals surface area contributed by atoms with Gasteiger partial charge in [-0.3, -0.25) is 10.1 Å². The summed E-state index contributed by atoms with van der Waals surface area (Å²) in [5.74, 6) is 0.618. The highest BCUT2D eigenvalue weighted by molar-refractivity contribution is 5.52. The molecule has 2 aromatic rings. The molecule has 0 fully saturated rings. The van der Waals surface area contributed by atoms with Crippen LogP contribution in [0.3, 0.4) is 0 Å². The van der Waals surface area contributed by atoms with Crippen molar-refractivity contribution in [2.45, 2.75) is 13.8 Å². The topological polar surface area (TPSA) is 104 Å². The van der Waals surface area contributed by atoms with Crippen molar-refractivity contribution < 1.29 is 9.66 Å². The molecule has 0 saturated carbocycles. The van der Waals surface area contributed by atoms with Gasteiger partial charge in [0.15, 0.2) is 0 Å². The quantitative estimate of drug-likeness (QED) is 0.671. The van der Waals surface area contributed by atoms with Crippen molar-refractivity contribution in [2.24, 2.45) is 0 Å². The van der Waals surface area contributed by atoms with Gasteiger partial charge in [0.2, 0.25) is 11.6 Å². The number of rotatable bonds is 3. The Hall–Kier alpha value is -2.70. The Balaban J connectivity index is 2.45. The van der Waals surface area contributed by atoms with Crippen molar-refractivity contribution in [2.75, 3.05) is 5.73 Å². The lowest BCUT2D eigenvalue weighted by molar-refractivity contribution is -0.385. The van der Waals surface area contributed by atoms with E-state index in [1.165, 1.54) is 12.4 Å². The third-order valence-electron chi connectivity index (χ3n) is 2.60. The highest BCUT2D eigenvalue weighted by Crippen LogP contribution is 2.33. The molecule has 98 valence electrons. The molecule has 1 heterocycles. The smallest absolute Gasteiger partial charge is 0.311 e. The van der Waals surface area contributed by atoms with Crippen molar-refractivity contribution in [3.8, 4) is 11.6 Å². The predicted molar refractivity (Wildman–Crippen MR) is 69.1 cm³/mol. The van der Waals surface area contributed by atoms with Gasteiger partial charge in [-0.25, -0.2) is 9.97 Å². The highest BCUT2D eigenvalue weighted by atomic mass is 16.6. The van der Waals surface area contributed by atoms with Gasteiger partial charge in [0.05, 0.1) is 10.5 Å². The molecule has 19 heavy (non-hydrogen) atoms. The fourth-order valence-electron chi connectivity index (χ4n) is 1.51. The SMILES string of the molecule is Cc1ccc([N+](=O)[O-])c(Oc2ncnc(N)c2C)c1. The van der Waals surface area contributed by atoms with Crippen LogP contribution >= 0.6 is 0 Å². The minimum atomic E-state index is -0.505. The van der Waals surface area contributed by atoms with Crippen LogP contribution in [0.25, 0.3) is 0 Å². The molecule has 0 aliphatic heterocycles. The van der Waals surface area contributed by atoms with E-state index in [1.54, 1.807) is 19.1 Å². The molecule has 0 atom stereocenters. The Labute approximate surface area is 109 Å². The molecule has 0 spiro atoms. The maximum absolute atomic E-state index is 10.9. The van der Waals surface area contributed by atoms with Crippen molar-refractivity contribution in [3.63, 3.8) is 0 Å². The zero-order valence-corrected chi connectivity index (χ0v) is 10.5. The normalized spacial score (nSPS) is 10.2. The predicted octanol–water partition coefficient (Wildman–Crippen LogP) is 2.38. The number of nitro benzene ring substituents is 1. The molecule has 0 bridgehead atoms. The molecule has 7 nitrogen and oxygen atoms in total. The number of nitrogen functional groups attached to an aromatic ring is 1. The zero-order chi connectivity index (χ0) is 14.0. The van der Waals surface area contributed by atoms with Crippen LogP contribution in [0, 0.1) is 24.0 Å². The number of benzene rings is 1. The second-order valence-electron chi connectivity index (χ2n) is 4.02. The van der Waals surface area contributed by atoms with Gasteiger partial charge in [-0.1, -0.05) is 6.07 Å². The molecule has 2 N–H and O–H groups in total. The zero-order valence-electron chi connectivity index (χ0n) is 10.5. The number of hydrogen-bond acceptors (Lipinski definition) is 6. The average Bonchev–Trinajstić information content (AvgIpc) is 2.35. The van der Waals surface area contributed by atoms with Crippen LogP contribution < -0.4 is 10.5 Å². The van der Waals surface area contributed by atoms with Gasteiger partial charge in [0.25, 0.3) is 0 Å². The number of nitrogens with zero attached hydrogens (tertiary/aromatic N) is 3. The van der Waals surface area contributed by atoms with E-state index >= 15 is 0 Å². The maximum atomic E-state index is 10.9. The van der Waals surface area contributed by atoms with E-state index in [2.05, 4.69) is 9.97 Å². The van der Waals surface area contributed by atoms with E-state index < -0.39 is 4.92 Å². The van der Waals surface area contributed by atoms with E-state index in [-0.39, 0.29) is 23.1 Å². The van der Waals surface area contributed by atoms with Gasteiger partial charge >= 0.3 is 5.69 Å². The Morgan fingerprint density at radius 2 is 2.05 bits per heavy atom. The Kier molecular flexibility index (Phi) is 3.28. The molecular formula is C12H12N4O3. The van der Waals surface area contributed by atoms with E-state index in [0.717, 1.165) is 5.56 Å². The second kappa shape index (κ2) is 4.89. The Morgan fingerprint density at radius 1 is 1.32 bits per heavy atom. The van der Waals surface area contributed by atoms with Crippen molar-refractivity contribution in [1.29, 1.82) is 0 Å². The van der Waals surface area contributed by atoms with Crippen LogP contribution in [0.1, 0.15) is 11.1 Å². The lowest BCUT2D eigenvalue weighted by atomic mass is 10.2. The van der Waals surface area contributed by atoms with Crippen LogP contribution in [0.15, 0.2) is 24.5 Å². The van der Waals surface area contributed by atoms with Crippen molar-refractivity contribution in [3.05, 3.63) is 45.8 Å². The van der Waals surface area contributed by atoms with Crippen molar-refractivity contribution >= 4 is 11.5 Å². The Morgan fingerprint density at radius 3 is 2.74 bits per heavy atom. The lowest BCUT2D eigenvalue weighted by Gasteiger charge is -2.09. The van der Waals surface area contributed by atoms with Crippen LogP contribution in [-0.2, 0) is 0 Å². The fourth-order valence-corrected chi connectivity index (χ4v) is 1.51. The molecule has 0 aliphatic carbocycles. The number of aryl methyl sites for hydroxylation is 1. The molecule has 0 aliphatic rings.